The van der Waals surface area contributed by atoms with E-state index in [0.717, 1.165) is 26.1 Å². The molecule has 0 radical (unpaired) electrons. The number of hydrogen-bond acceptors (Lipinski definition) is 4. The van der Waals surface area contributed by atoms with E-state index >= 15 is 0 Å². The molecule has 1 saturated heterocycles. The molecule has 1 aromatic rings. The lowest BCUT2D eigenvalue weighted by atomic mass is 9.98. The third-order valence-corrected chi connectivity index (χ3v) is 5.26. The zero-order valence-electron chi connectivity index (χ0n) is 10.4. The number of nitrogens with one attached hydrogen (secondary N) is 1. The number of hydrogen-bond donors (Lipinski definition) is 1. The summed E-state index contributed by atoms with van der Waals surface area (Å²) in [5.74, 6) is 0.650. The Hall–Kier alpha value is -0.450. The molecule has 1 aliphatic heterocycles. The van der Waals surface area contributed by atoms with Crippen molar-refractivity contribution in [1.82, 2.24) is 10.3 Å². The number of fused-ring (bicyclic) bond motifs is 1. The molecule has 0 aromatic carbocycles. The van der Waals surface area contributed by atoms with Gasteiger partial charge in [0.15, 0.2) is 0 Å². The number of aromatic nitrogens is 1. The molecule has 1 atom stereocenters. The first kappa shape index (κ1) is 11.6. The van der Waals surface area contributed by atoms with Gasteiger partial charge < -0.3 is 10.1 Å². The van der Waals surface area contributed by atoms with E-state index in [2.05, 4.69) is 12.4 Å². The summed E-state index contributed by atoms with van der Waals surface area (Å²) >= 11 is 1.95. The van der Waals surface area contributed by atoms with E-state index in [-0.39, 0.29) is 0 Å². The molecule has 1 aliphatic carbocycles. The van der Waals surface area contributed by atoms with Gasteiger partial charge in [0, 0.05) is 30.1 Å². The van der Waals surface area contributed by atoms with Crippen molar-refractivity contribution in [3.8, 4) is 0 Å². The normalized spacial score (nSPS) is 25.8. The third kappa shape index (κ3) is 2.26. The van der Waals surface area contributed by atoms with E-state index in [4.69, 9.17) is 9.72 Å². The fourth-order valence-corrected chi connectivity index (χ4v) is 4.26. The molecule has 3 nitrogen and oxygen atoms in total. The van der Waals surface area contributed by atoms with Gasteiger partial charge in [-0.05, 0) is 39.2 Å². The van der Waals surface area contributed by atoms with Crippen LogP contribution in [0.1, 0.15) is 53.2 Å². The van der Waals surface area contributed by atoms with Crippen LogP contribution in [0.25, 0.3) is 0 Å². The van der Waals surface area contributed by atoms with Crippen molar-refractivity contribution >= 4 is 11.3 Å². The molecule has 1 N–H and O–H groups in total. The summed E-state index contributed by atoms with van der Waals surface area (Å²) in [5, 5.41) is 4.78. The van der Waals surface area contributed by atoms with Crippen LogP contribution in [-0.2, 0) is 11.2 Å². The highest BCUT2D eigenvalue weighted by atomic mass is 32.1. The zero-order chi connectivity index (χ0) is 11.7. The maximum Gasteiger partial charge on any atom is 0.0964 e. The number of ether oxygens (including phenoxy) is 1. The average Bonchev–Trinajstić information content (AvgIpc) is 2.83. The summed E-state index contributed by atoms with van der Waals surface area (Å²) in [5.41, 5.74) is 1.36. The minimum Gasteiger partial charge on any atom is -0.381 e. The highest BCUT2D eigenvalue weighted by molar-refractivity contribution is 7.12. The van der Waals surface area contributed by atoms with Crippen LogP contribution in [-0.4, -0.2) is 25.2 Å². The molecule has 2 aliphatic rings. The van der Waals surface area contributed by atoms with E-state index in [9.17, 15) is 0 Å². The van der Waals surface area contributed by atoms with Crippen molar-refractivity contribution in [2.24, 2.45) is 0 Å². The molecule has 2 heterocycles. The van der Waals surface area contributed by atoms with E-state index in [1.54, 1.807) is 0 Å². The monoisotopic (exact) mass is 252 g/mol. The first-order chi connectivity index (χ1) is 8.38. The van der Waals surface area contributed by atoms with Crippen molar-refractivity contribution in [2.75, 3.05) is 20.3 Å². The molecule has 1 fully saturated rings. The summed E-state index contributed by atoms with van der Waals surface area (Å²) in [6.07, 6.45) is 6.01. The lowest BCUT2D eigenvalue weighted by molar-refractivity contribution is 0.0852. The van der Waals surface area contributed by atoms with E-state index < -0.39 is 0 Å². The van der Waals surface area contributed by atoms with Gasteiger partial charge in [0.05, 0.1) is 10.7 Å². The van der Waals surface area contributed by atoms with Gasteiger partial charge in [-0.25, -0.2) is 4.98 Å². The number of nitrogens with zero attached hydrogens (tertiary/aromatic N) is 1. The predicted molar refractivity (Wildman–Crippen MR) is 69.6 cm³/mol. The molecule has 3 rings (SSSR count). The van der Waals surface area contributed by atoms with Crippen LogP contribution in [0.5, 0.6) is 0 Å². The number of aryl methyl sites for hydroxylation is 1. The molecule has 0 bridgehead atoms. The second-order valence-corrected chi connectivity index (χ2v) is 6.05. The predicted octanol–water partition coefficient (Wildman–Crippen LogP) is 2.63. The lowest BCUT2D eigenvalue weighted by Gasteiger charge is -2.20. The van der Waals surface area contributed by atoms with E-state index in [1.807, 2.05) is 11.3 Å². The molecule has 0 saturated carbocycles. The topological polar surface area (TPSA) is 34.2 Å². The minimum absolute atomic E-state index is 0.546. The van der Waals surface area contributed by atoms with Crippen LogP contribution in [0.3, 0.4) is 0 Å². The van der Waals surface area contributed by atoms with E-state index in [1.165, 1.54) is 34.8 Å². The van der Waals surface area contributed by atoms with Gasteiger partial charge in [-0.3, -0.25) is 0 Å². The Kier molecular flexibility index (Phi) is 3.45. The number of thiazole rings is 1. The summed E-state index contributed by atoms with van der Waals surface area (Å²) in [6.45, 7) is 1.81. The van der Waals surface area contributed by atoms with Gasteiger partial charge in [0.2, 0.25) is 0 Å². The fraction of sp³-hybridized carbons (Fsp3) is 0.769. The van der Waals surface area contributed by atoms with Crippen molar-refractivity contribution < 1.29 is 4.74 Å². The summed E-state index contributed by atoms with van der Waals surface area (Å²) in [4.78, 5) is 6.40. The van der Waals surface area contributed by atoms with Gasteiger partial charge in [-0.15, -0.1) is 11.3 Å². The minimum atomic E-state index is 0.546. The maximum absolute atomic E-state index is 5.43. The average molecular weight is 252 g/mol. The molecular weight excluding hydrogens is 232 g/mol. The molecule has 0 spiro atoms. The Morgan fingerprint density at radius 1 is 1.29 bits per heavy atom. The molecule has 17 heavy (non-hydrogen) atoms. The molecule has 94 valence electrons. The van der Waals surface area contributed by atoms with Crippen LogP contribution < -0.4 is 5.32 Å². The fourth-order valence-electron chi connectivity index (χ4n) is 2.83. The Morgan fingerprint density at radius 2 is 2.12 bits per heavy atom. The van der Waals surface area contributed by atoms with Gasteiger partial charge in [0.25, 0.3) is 0 Å². The van der Waals surface area contributed by atoms with Gasteiger partial charge in [0.1, 0.15) is 0 Å². The van der Waals surface area contributed by atoms with Crippen molar-refractivity contribution in [2.45, 2.75) is 44.1 Å². The first-order valence-corrected chi connectivity index (χ1v) is 7.44. The smallest absolute Gasteiger partial charge is 0.0964 e. The molecular formula is C13H20N2OS. The maximum atomic E-state index is 5.43. The van der Waals surface area contributed by atoms with Crippen molar-refractivity contribution in [1.29, 1.82) is 0 Å². The third-order valence-electron chi connectivity index (χ3n) is 3.89. The second kappa shape index (κ2) is 5.04. The summed E-state index contributed by atoms with van der Waals surface area (Å²) < 4.78 is 5.43. The van der Waals surface area contributed by atoms with Gasteiger partial charge in [-0.1, -0.05) is 0 Å². The van der Waals surface area contributed by atoms with Crippen LogP contribution in [0.2, 0.25) is 0 Å². The van der Waals surface area contributed by atoms with Gasteiger partial charge in [-0.2, -0.15) is 0 Å². The second-order valence-electron chi connectivity index (χ2n) is 4.98. The van der Waals surface area contributed by atoms with E-state index in [0.29, 0.717) is 12.0 Å². The molecule has 1 unspecified atom stereocenters. The molecule has 0 amide bonds. The van der Waals surface area contributed by atoms with Crippen molar-refractivity contribution in [3.63, 3.8) is 0 Å². The molecule has 4 heteroatoms. The quantitative estimate of drug-likeness (QED) is 0.878. The summed E-state index contributed by atoms with van der Waals surface area (Å²) in [6, 6.07) is 0.546. The zero-order valence-corrected chi connectivity index (χ0v) is 11.2. The van der Waals surface area contributed by atoms with Crippen LogP contribution in [0.4, 0.5) is 0 Å². The van der Waals surface area contributed by atoms with Crippen LogP contribution in [0, 0.1) is 0 Å². The van der Waals surface area contributed by atoms with Gasteiger partial charge >= 0.3 is 0 Å². The highest BCUT2D eigenvalue weighted by Gasteiger charge is 2.26. The molecule has 1 aromatic heterocycles. The van der Waals surface area contributed by atoms with Crippen LogP contribution in [0.15, 0.2) is 0 Å². The standard InChI is InChI=1S/C13H20N2OS/c1-14-10-3-2-4-11-12(10)17-13(15-11)9-5-7-16-8-6-9/h9-10,14H,2-8H2,1H3. The summed E-state index contributed by atoms with van der Waals surface area (Å²) in [7, 11) is 2.06. The Morgan fingerprint density at radius 3 is 2.88 bits per heavy atom. The number of rotatable bonds is 2. The van der Waals surface area contributed by atoms with Crippen LogP contribution >= 0.6 is 11.3 Å². The Labute approximate surface area is 107 Å². The Bertz CT molecular complexity index is 385. The largest absolute Gasteiger partial charge is 0.381 e. The SMILES string of the molecule is CNC1CCCc2nc(C3CCOCC3)sc21. The lowest BCUT2D eigenvalue weighted by Crippen LogP contribution is -2.19. The highest BCUT2D eigenvalue weighted by Crippen LogP contribution is 2.38. The first-order valence-electron chi connectivity index (χ1n) is 6.63. The van der Waals surface area contributed by atoms with Crippen molar-refractivity contribution in [3.05, 3.63) is 15.6 Å². The Balaban J connectivity index is 1.84.